The molecule has 0 bridgehead atoms. The molecule has 0 aliphatic heterocycles. The van der Waals surface area contributed by atoms with Gasteiger partial charge in [-0.05, 0) is 57.9 Å². The van der Waals surface area contributed by atoms with E-state index >= 15 is 0 Å². The highest BCUT2D eigenvalue weighted by Gasteiger charge is 2.32. The summed E-state index contributed by atoms with van der Waals surface area (Å²) in [5, 5.41) is 2.94. The van der Waals surface area contributed by atoms with Crippen molar-refractivity contribution >= 4 is 11.6 Å². The predicted octanol–water partition coefficient (Wildman–Crippen LogP) is 4.32. The van der Waals surface area contributed by atoms with Crippen LogP contribution in [0.2, 0.25) is 0 Å². The maximum atomic E-state index is 12.5. The van der Waals surface area contributed by atoms with E-state index in [1.165, 1.54) is 0 Å². The fraction of sp³-hybridized carbons (Fsp3) is 0.611. The monoisotopic (exact) mass is 307 g/mol. The van der Waals surface area contributed by atoms with Gasteiger partial charge in [0.1, 0.15) is 11.4 Å². The average molecular weight is 307 g/mol. The van der Waals surface area contributed by atoms with Crippen LogP contribution in [0.15, 0.2) is 18.2 Å². The molecule has 0 saturated heterocycles. The van der Waals surface area contributed by atoms with Gasteiger partial charge in [0.05, 0.1) is 6.10 Å². The number of rotatable bonds is 8. The van der Waals surface area contributed by atoms with Crippen LogP contribution in [0.5, 0.6) is 5.75 Å². The minimum absolute atomic E-state index is 0.111. The second-order valence-corrected chi connectivity index (χ2v) is 6.14. The zero-order valence-corrected chi connectivity index (χ0v) is 14.7. The molecule has 1 rings (SSSR count). The van der Waals surface area contributed by atoms with Crippen LogP contribution in [-0.2, 0) is 9.53 Å². The summed E-state index contributed by atoms with van der Waals surface area (Å²) in [5.74, 6) is 0.730. The molecule has 1 N–H and O–H groups in total. The van der Waals surface area contributed by atoms with E-state index in [4.69, 9.17) is 9.47 Å². The Morgan fingerprint density at radius 3 is 2.55 bits per heavy atom. The lowest BCUT2D eigenvalue weighted by Crippen LogP contribution is -2.41. The second kappa shape index (κ2) is 8.18. The van der Waals surface area contributed by atoms with Crippen LogP contribution in [0.25, 0.3) is 0 Å². The highest BCUT2D eigenvalue weighted by atomic mass is 16.5. The van der Waals surface area contributed by atoms with Crippen molar-refractivity contribution in [2.75, 3.05) is 12.4 Å². The Kier molecular flexibility index (Phi) is 6.88. The van der Waals surface area contributed by atoms with E-state index in [0.29, 0.717) is 6.42 Å². The molecular formula is C18H29NO3. The second-order valence-electron chi connectivity index (χ2n) is 6.14. The molecule has 22 heavy (non-hydrogen) atoms. The summed E-state index contributed by atoms with van der Waals surface area (Å²) in [4.78, 5) is 12.5. The molecule has 0 spiro atoms. The summed E-state index contributed by atoms with van der Waals surface area (Å²) >= 11 is 0. The van der Waals surface area contributed by atoms with Crippen molar-refractivity contribution in [2.45, 2.75) is 65.6 Å². The Hall–Kier alpha value is -1.55. The molecule has 0 fully saturated rings. The zero-order valence-electron chi connectivity index (χ0n) is 14.7. The molecule has 0 saturated carbocycles. The van der Waals surface area contributed by atoms with Gasteiger partial charge in [-0.1, -0.05) is 19.8 Å². The van der Waals surface area contributed by atoms with E-state index in [2.05, 4.69) is 12.2 Å². The number of amides is 1. The van der Waals surface area contributed by atoms with Gasteiger partial charge in [-0.3, -0.25) is 4.79 Å². The van der Waals surface area contributed by atoms with Gasteiger partial charge < -0.3 is 14.8 Å². The third-order valence-electron chi connectivity index (χ3n) is 3.73. The molecule has 4 heteroatoms. The van der Waals surface area contributed by atoms with Crippen molar-refractivity contribution in [3.05, 3.63) is 23.8 Å². The lowest BCUT2D eigenvalue weighted by atomic mass is 9.97. The fourth-order valence-electron chi connectivity index (χ4n) is 2.20. The molecule has 0 radical (unpaired) electrons. The highest BCUT2D eigenvalue weighted by molar-refractivity contribution is 5.97. The number of hydrogen-bond acceptors (Lipinski definition) is 3. The Morgan fingerprint density at radius 1 is 1.36 bits per heavy atom. The Labute approximate surface area is 134 Å². The van der Waals surface area contributed by atoms with Crippen LogP contribution < -0.4 is 10.1 Å². The van der Waals surface area contributed by atoms with E-state index in [-0.39, 0.29) is 12.0 Å². The summed E-state index contributed by atoms with van der Waals surface area (Å²) in [6.07, 6.45) is 2.83. The van der Waals surface area contributed by atoms with Crippen molar-refractivity contribution in [1.29, 1.82) is 0 Å². The van der Waals surface area contributed by atoms with E-state index < -0.39 is 5.60 Å². The number of methoxy groups -OCH3 is 1. The molecular weight excluding hydrogens is 278 g/mol. The summed E-state index contributed by atoms with van der Waals surface area (Å²) in [6, 6.07) is 5.67. The van der Waals surface area contributed by atoms with Crippen LogP contribution in [0.4, 0.5) is 5.69 Å². The average Bonchev–Trinajstić information content (AvgIpc) is 2.47. The first-order valence-corrected chi connectivity index (χ1v) is 7.96. The van der Waals surface area contributed by atoms with Crippen LogP contribution in [0.1, 0.15) is 52.5 Å². The smallest absolute Gasteiger partial charge is 0.256 e. The standard InChI is InChI=1S/C18H29NO3/c1-7-8-11-18(5,21-6)17(20)19-15-9-10-16(14(4)12-15)22-13(2)3/h9-10,12-13H,7-8,11H2,1-6H3,(H,19,20). The molecule has 0 aromatic heterocycles. The molecule has 0 aliphatic rings. The minimum Gasteiger partial charge on any atom is -0.491 e. The predicted molar refractivity (Wildman–Crippen MR) is 90.5 cm³/mol. The van der Waals surface area contributed by atoms with Crippen molar-refractivity contribution in [2.24, 2.45) is 0 Å². The number of unbranched alkanes of at least 4 members (excludes halogenated alkanes) is 1. The van der Waals surface area contributed by atoms with Crippen molar-refractivity contribution < 1.29 is 14.3 Å². The van der Waals surface area contributed by atoms with Gasteiger partial charge in [0.2, 0.25) is 0 Å². The van der Waals surface area contributed by atoms with Crippen molar-refractivity contribution in [3.8, 4) is 5.75 Å². The van der Waals surface area contributed by atoms with Gasteiger partial charge >= 0.3 is 0 Å². The van der Waals surface area contributed by atoms with Gasteiger partial charge in [0.25, 0.3) is 5.91 Å². The number of aryl methyl sites for hydroxylation is 1. The molecule has 1 aromatic carbocycles. The van der Waals surface area contributed by atoms with Crippen molar-refractivity contribution in [1.82, 2.24) is 0 Å². The van der Waals surface area contributed by atoms with E-state index in [1.54, 1.807) is 7.11 Å². The summed E-state index contributed by atoms with van der Waals surface area (Å²) in [5.41, 5.74) is 0.967. The third kappa shape index (κ3) is 5.02. The zero-order chi connectivity index (χ0) is 16.8. The maximum Gasteiger partial charge on any atom is 0.256 e. The maximum absolute atomic E-state index is 12.5. The molecule has 0 heterocycles. The first kappa shape index (κ1) is 18.5. The molecule has 1 atom stereocenters. The van der Waals surface area contributed by atoms with E-state index in [0.717, 1.165) is 29.8 Å². The number of hydrogen-bond donors (Lipinski definition) is 1. The van der Waals surface area contributed by atoms with Gasteiger partial charge in [-0.15, -0.1) is 0 Å². The number of ether oxygens (including phenoxy) is 2. The topological polar surface area (TPSA) is 47.6 Å². The molecule has 4 nitrogen and oxygen atoms in total. The Bertz CT molecular complexity index is 499. The van der Waals surface area contributed by atoms with Gasteiger partial charge in [0, 0.05) is 12.8 Å². The van der Waals surface area contributed by atoms with E-state index in [9.17, 15) is 4.79 Å². The molecule has 1 aromatic rings. The van der Waals surface area contributed by atoms with Crippen LogP contribution in [-0.4, -0.2) is 24.7 Å². The highest BCUT2D eigenvalue weighted by Crippen LogP contribution is 2.25. The van der Waals surface area contributed by atoms with Gasteiger partial charge in [-0.2, -0.15) is 0 Å². The minimum atomic E-state index is -0.795. The van der Waals surface area contributed by atoms with Gasteiger partial charge in [-0.25, -0.2) is 0 Å². The number of benzene rings is 1. The number of carbonyl (C=O) groups excluding carboxylic acids is 1. The molecule has 1 amide bonds. The molecule has 124 valence electrons. The Morgan fingerprint density at radius 2 is 2.05 bits per heavy atom. The SMILES string of the molecule is CCCCC(C)(OC)C(=O)Nc1ccc(OC(C)C)c(C)c1. The first-order valence-electron chi connectivity index (χ1n) is 7.96. The van der Waals surface area contributed by atoms with Crippen LogP contribution in [0, 0.1) is 6.92 Å². The molecule has 0 aliphatic carbocycles. The third-order valence-corrected chi connectivity index (χ3v) is 3.73. The van der Waals surface area contributed by atoms with Crippen LogP contribution in [0.3, 0.4) is 0 Å². The number of carbonyl (C=O) groups is 1. The number of nitrogens with one attached hydrogen (secondary N) is 1. The number of anilines is 1. The molecule has 1 unspecified atom stereocenters. The normalized spacial score (nSPS) is 13.8. The Balaban J connectivity index is 2.81. The summed E-state index contributed by atoms with van der Waals surface area (Å²) in [6.45, 7) is 9.89. The quantitative estimate of drug-likeness (QED) is 0.778. The largest absolute Gasteiger partial charge is 0.491 e. The first-order chi connectivity index (χ1) is 10.3. The summed E-state index contributed by atoms with van der Waals surface area (Å²) in [7, 11) is 1.58. The van der Waals surface area contributed by atoms with E-state index in [1.807, 2.05) is 45.9 Å². The van der Waals surface area contributed by atoms with Gasteiger partial charge in [0.15, 0.2) is 0 Å². The summed E-state index contributed by atoms with van der Waals surface area (Å²) < 4.78 is 11.2. The lowest BCUT2D eigenvalue weighted by molar-refractivity contribution is -0.136. The van der Waals surface area contributed by atoms with Crippen molar-refractivity contribution in [3.63, 3.8) is 0 Å². The van der Waals surface area contributed by atoms with Crippen LogP contribution >= 0.6 is 0 Å². The fourth-order valence-corrected chi connectivity index (χ4v) is 2.20. The lowest BCUT2D eigenvalue weighted by Gasteiger charge is -2.27.